The molecule has 0 atom stereocenters. The zero-order chi connectivity index (χ0) is 27.2. The van der Waals surface area contributed by atoms with Gasteiger partial charge in [0.25, 0.3) is 11.8 Å². The van der Waals surface area contributed by atoms with Crippen LogP contribution < -0.4 is 20.9 Å². The van der Waals surface area contributed by atoms with E-state index in [9.17, 15) is 14.4 Å². The Labute approximate surface area is 224 Å². The van der Waals surface area contributed by atoms with E-state index < -0.39 is 0 Å². The molecule has 5 rings (SSSR count). The van der Waals surface area contributed by atoms with Gasteiger partial charge in [0.05, 0.1) is 17.2 Å². The van der Waals surface area contributed by atoms with Crippen molar-refractivity contribution in [1.82, 2.24) is 9.99 Å². The average Bonchev–Trinajstić information content (AvgIpc) is 2.96. The summed E-state index contributed by atoms with van der Waals surface area (Å²) in [5.41, 5.74) is 6.43. The van der Waals surface area contributed by atoms with Gasteiger partial charge in [0.1, 0.15) is 12.3 Å². The van der Waals surface area contributed by atoms with Gasteiger partial charge in [-0.05, 0) is 73.2 Å². The lowest BCUT2D eigenvalue weighted by molar-refractivity contribution is -0.121. The van der Waals surface area contributed by atoms with Crippen LogP contribution in [0.1, 0.15) is 11.1 Å². The van der Waals surface area contributed by atoms with Gasteiger partial charge < -0.3 is 14.6 Å². The number of carbonyl (C=O) groups is 2. The van der Waals surface area contributed by atoms with Gasteiger partial charge in [0.2, 0.25) is 0 Å². The van der Waals surface area contributed by atoms with Crippen LogP contribution in [-0.2, 0) is 16.1 Å². The summed E-state index contributed by atoms with van der Waals surface area (Å²) in [6.07, 6.45) is 1.52. The van der Waals surface area contributed by atoms with E-state index in [0.717, 1.165) is 11.1 Å². The Morgan fingerprint density at radius 3 is 2.08 bits per heavy atom. The number of aromatic nitrogens is 1. The summed E-state index contributed by atoms with van der Waals surface area (Å²) in [4.78, 5) is 37.7. The molecule has 0 aliphatic carbocycles. The Balaban J connectivity index is 1.18. The first-order chi connectivity index (χ1) is 19.0. The Hall–Kier alpha value is -5.24. The number of aryl methyl sites for hydroxylation is 1. The van der Waals surface area contributed by atoms with E-state index in [4.69, 9.17) is 4.74 Å². The Kier molecular flexibility index (Phi) is 7.45. The number of nitrogens with zero attached hydrogens (tertiary/aromatic N) is 2. The van der Waals surface area contributed by atoms with Crippen LogP contribution in [0.4, 0.5) is 5.69 Å². The Morgan fingerprint density at radius 2 is 1.44 bits per heavy atom. The third-order valence-corrected chi connectivity index (χ3v) is 6.17. The van der Waals surface area contributed by atoms with Crippen molar-refractivity contribution in [2.45, 2.75) is 13.5 Å². The minimum Gasteiger partial charge on any atom is -0.484 e. The van der Waals surface area contributed by atoms with Crippen LogP contribution >= 0.6 is 0 Å². The third kappa shape index (κ3) is 6.02. The first-order valence-electron chi connectivity index (χ1n) is 12.4. The highest BCUT2D eigenvalue weighted by Gasteiger charge is 2.12. The molecule has 0 saturated carbocycles. The van der Waals surface area contributed by atoms with Crippen LogP contribution in [0.2, 0.25) is 0 Å². The van der Waals surface area contributed by atoms with E-state index in [2.05, 4.69) is 15.8 Å². The van der Waals surface area contributed by atoms with E-state index in [1.54, 1.807) is 36.4 Å². The lowest BCUT2D eigenvalue weighted by Gasteiger charge is -2.14. The van der Waals surface area contributed by atoms with Crippen molar-refractivity contribution in [3.63, 3.8) is 0 Å². The van der Waals surface area contributed by atoms with Crippen LogP contribution in [0.5, 0.6) is 5.75 Å². The topological polar surface area (TPSA) is 102 Å². The Morgan fingerprint density at radius 1 is 0.821 bits per heavy atom. The summed E-state index contributed by atoms with van der Waals surface area (Å²) >= 11 is 0. The molecule has 0 spiro atoms. The van der Waals surface area contributed by atoms with E-state index in [0.29, 0.717) is 33.2 Å². The number of anilines is 1. The average molecular weight is 519 g/mol. The van der Waals surface area contributed by atoms with Crippen LogP contribution in [0.15, 0.2) is 107 Å². The fourth-order valence-corrected chi connectivity index (χ4v) is 4.24. The molecular weight excluding hydrogens is 492 g/mol. The highest BCUT2D eigenvalue weighted by Crippen LogP contribution is 2.19. The summed E-state index contributed by atoms with van der Waals surface area (Å²) in [6.45, 7) is 1.86. The van der Waals surface area contributed by atoms with Gasteiger partial charge in [-0.25, -0.2) is 5.43 Å². The number of hydrogen-bond donors (Lipinski definition) is 2. The van der Waals surface area contributed by atoms with Gasteiger partial charge in [-0.1, -0.05) is 42.0 Å². The molecule has 2 N–H and O–H groups in total. The highest BCUT2D eigenvalue weighted by atomic mass is 16.5. The van der Waals surface area contributed by atoms with Gasteiger partial charge in [-0.2, -0.15) is 5.10 Å². The number of nitrogens with one attached hydrogen (secondary N) is 2. The number of amides is 2. The van der Waals surface area contributed by atoms with E-state index >= 15 is 0 Å². The minimum absolute atomic E-state index is 0.00389. The van der Waals surface area contributed by atoms with Crippen molar-refractivity contribution < 1.29 is 14.3 Å². The maximum absolute atomic E-state index is 12.9. The molecule has 1 heterocycles. The standard InChI is InChI=1S/C31H26N4O4/c1-21-10-14-23(15-11-21)33-30(37)20-39-24-16-12-22(13-17-24)18-32-34-29(36)19-35-27-8-4-2-6-25(27)31(38)26-7-3-5-9-28(26)35/h2-18H,19-20H2,1H3,(H,33,37)(H,34,36)/b32-18-. The highest BCUT2D eigenvalue weighted by molar-refractivity contribution is 5.95. The number of para-hydroxylation sites is 2. The second kappa shape index (κ2) is 11.4. The van der Waals surface area contributed by atoms with E-state index in [1.807, 2.05) is 72.2 Å². The van der Waals surface area contributed by atoms with Crippen molar-refractivity contribution in [2.24, 2.45) is 5.10 Å². The molecule has 1 aromatic heterocycles. The first-order valence-corrected chi connectivity index (χ1v) is 12.4. The monoisotopic (exact) mass is 518 g/mol. The first kappa shape index (κ1) is 25.4. The molecule has 5 aromatic rings. The molecule has 0 aliphatic heterocycles. The van der Waals surface area contributed by atoms with Crippen molar-refractivity contribution in [1.29, 1.82) is 0 Å². The molecule has 0 aliphatic rings. The smallest absolute Gasteiger partial charge is 0.262 e. The van der Waals surface area contributed by atoms with Gasteiger partial charge in [-0.15, -0.1) is 0 Å². The Bertz CT molecular complexity index is 1680. The van der Waals surface area contributed by atoms with Crippen LogP contribution in [0, 0.1) is 6.92 Å². The van der Waals surface area contributed by atoms with Gasteiger partial charge in [0.15, 0.2) is 12.0 Å². The summed E-state index contributed by atoms with van der Waals surface area (Å²) in [6, 6.07) is 29.0. The van der Waals surface area contributed by atoms with Gasteiger partial charge in [0, 0.05) is 16.5 Å². The largest absolute Gasteiger partial charge is 0.484 e. The lowest BCUT2D eigenvalue weighted by atomic mass is 10.1. The molecule has 2 amide bonds. The number of ether oxygens (including phenoxy) is 1. The molecule has 8 heteroatoms. The van der Waals surface area contributed by atoms with Crippen LogP contribution in [0.25, 0.3) is 21.8 Å². The molecule has 0 bridgehead atoms. The van der Waals surface area contributed by atoms with Crippen molar-refractivity contribution in [3.8, 4) is 5.75 Å². The fraction of sp³-hybridized carbons (Fsp3) is 0.0968. The zero-order valence-electron chi connectivity index (χ0n) is 21.3. The molecule has 4 aromatic carbocycles. The van der Waals surface area contributed by atoms with Gasteiger partial charge in [-0.3, -0.25) is 14.4 Å². The molecule has 0 unspecified atom stereocenters. The summed E-state index contributed by atoms with van der Waals surface area (Å²) < 4.78 is 7.37. The zero-order valence-corrected chi connectivity index (χ0v) is 21.3. The molecule has 194 valence electrons. The molecular formula is C31H26N4O4. The maximum Gasteiger partial charge on any atom is 0.262 e. The lowest BCUT2D eigenvalue weighted by Crippen LogP contribution is -2.25. The third-order valence-electron chi connectivity index (χ3n) is 6.17. The number of hydrogen-bond acceptors (Lipinski definition) is 5. The number of carbonyl (C=O) groups excluding carboxylic acids is 2. The summed E-state index contributed by atoms with van der Waals surface area (Å²) in [5, 5.41) is 7.97. The molecule has 39 heavy (non-hydrogen) atoms. The second-order valence-electron chi connectivity index (χ2n) is 9.01. The SMILES string of the molecule is Cc1ccc(NC(=O)COc2ccc(/C=N\NC(=O)Cn3c4ccccc4c(=O)c4ccccc43)cc2)cc1. The van der Waals surface area contributed by atoms with Crippen LogP contribution in [0.3, 0.4) is 0 Å². The summed E-state index contributed by atoms with van der Waals surface area (Å²) in [5.74, 6) is -0.0486. The fourth-order valence-electron chi connectivity index (χ4n) is 4.24. The summed E-state index contributed by atoms with van der Waals surface area (Å²) in [7, 11) is 0. The van der Waals surface area contributed by atoms with Crippen LogP contribution in [-0.4, -0.2) is 29.2 Å². The maximum atomic E-state index is 12.9. The predicted molar refractivity (Wildman–Crippen MR) is 153 cm³/mol. The predicted octanol–water partition coefficient (Wildman–Crippen LogP) is 4.63. The second-order valence-corrected chi connectivity index (χ2v) is 9.01. The van der Waals surface area contributed by atoms with Gasteiger partial charge >= 0.3 is 0 Å². The number of rotatable bonds is 8. The molecule has 8 nitrogen and oxygen atoms in total. The molecule has 0 radical (unpaired) electrons. The van der Waals surface area contributed by atoms with Crippen molar-refractivity contribution in [3.05, 3.63) is 118 Å². The normalized spacial score (nSPS) is 11.1. The van der Waals surface area contributed by atoms with Crippen molar-refractivity contribution in [2.75, 3.05) is 11.9 Å². The minimum atomic E-state index is -0.329. The number of hydrazone groups is 1. The van der Waals surface area contributed by atoms with E-state index in [1.165, 1.54) is 6.21 Å². The van der Waals surface area contributed by atoms with E-state index in [-0.39, 0.29) is 30.4 Å². The number of fused-ring (bicyclic) bond motifs is 2. The number of benzene rings is 4. The van der Waals surface area contributed by atoms with Crippen molar-refractivity contribution >= 4 is 45.5 Å². The quantitative estimate of drug-likeness (QED) is 0.178. The molecule has 0 fully saturated rings. The molecule has 0 saturated heterocycles. The number of pyridine rings is 1.